The minimum absolute atomic E-state index is 0.0446. The molecule has 2 unspecified atom stereocenters. The maximum atomic E-state index is 12.1. The number of nitrogens with two attached hydrogens (primary N) is 1. The molecule has 1 saturated carbocycles. The zero-order valence-corrected chi connectivity index (χ0v) is 10.8. The van der Waals surface area contributed by atoms with E-state index in [2.05, 4.69) is 10.3 Å². The van der Waals surface area contributed by atoms with Crippen LogP contribution in [-0.2, 0) is 4.79 Å². The number of nitrogens with zero attached hydrogens (tertiary/aromatic N) is 1. The van der Waals surface area contributed by atoms with Gasteiger partial charge < -0.3 is 11.1 Å². The van der Waals surface area contributed by atoms with E-state index in [4.69, 9.17) is 5.73 Å². The first kappa shape index (κ1) is 13.0. The Kier molecular flexibility index (Phi) is 4.31. The molecule has 1 aliphatic rings. The minimum atomic E-state index is -0.0446. The average molecular weight is 247 g/mol. The standard InChI is InChI=1S/C14H21N3O/c1-10(13-7-2-3-8-16-13)17-14(18)11-5-4-6-12(15)9-11/h2-3,7-8,10-12H,4-6,9,15H2,1H3,(H,17,18)/t10-,11?,12?/m0/s1. The van der Waals surface area contributed by atoms with Crippen molar-refractivity contribution in [2.24, 2.45) is 11.7 Å². The van der Waals surface area contributed by atoms with Crippen molar-refractivity contribution >= 4 is 5.91 Å². The highest BCUT2D eigenvalue weighted by molar-refractivity contribution is 5.79. The summed E-state index contributed by atoms with van der Waals surface area (Å²) in [5, 5.41) is 3.03. The Balaban J connectivity index is 1.91. The molecular formula is C14H21N3O. The van der Waals surface area contributed by atoms with Crippen molar-refractivity contribution in [3.05, 3.63) is 30.1 Å². The molecule has 0 radical (unpaired) electrons. The number of carbonyl (C=O) groups excluding carboxylic acids is 1. The van der Waals surface area contributed by atoms with Crippen LogP contribution in [0.2, 0.25) is 0 Å². The predicted molar refractivity (Wildman–Crippen MR) is 70.7 cm³/mol. The Hall–Kier alpha value is -1.42. The summed E-state index contributed by atoms with van der Waals surface area (Å²) in [6.45, 7) is 1.96. The molecule has 1 aliphatic carbocycles. The van der Waals surface area contributed by atoms with Crippen molar-refractivity contribution in [2.45, 2.75) is 44.7 Å². The molecule has 0 aromatic carbocycles. The summed E-state index contributed by atoms with van der Waals surface area (Å²) in [5.41, 5.74) is 6.81. The van der Waals surface area contributed by atoms with Gasteiger partial charge in [-0.15, -0.1) is 0 Å². The molecule has 1 aromatic rings. The lowest BCUT2D eigenvalue weighted by atomic mass is 9.85. The first-order valence-corrected chi connectivity index (χ1v) is 6.63. The highest BCUT2D eigenvalue weighted by atomic mass is 16.1. The summed E-state index contributed by atoms with van der Waals surface area (Å²) < 4.78 is 0. The van der Waals surface area contributed by atoms with Gasteiger partial charge >= 0.3 is 0 Å². The van der Waals surface area contributed by atoms with E-state index in [0.29, 0.717) is 0 Å². The summed E-state index contributed by atoms with van der Waals surface area (Å²) >= 11 is 0. The number of pyridine rings is 1. The Morgan fingerprint density at radius 3 is 3.00 bits per heavy atom. The smallest absolute Gasteiger partial charge is 0.223 e. The molecule has 2 rings (SSSR count). The van der Waals surface area contributed by atoms with E-state index in [1.54, 1.807) is 6.20 Å². The van der Waals surface area contributed by atoms with Crippen LogP contribution in [-0.4, -0.2) is 16.9 Å². The van der Waals surface area contributed by atoms with Gasteiger partial charge in [0.05, 0.1) is 11.7 Å². The van der Waals surface area contributed by atoms with Gasteiger partial charge in [0.25, 0.3) is 0 Å². The molecule has 0 saturated heterocycles. The van der Waals surface area contributed by atoms with Crippen LogP contribution in [0.25, 0.3) is 0 Å². The van der Waals surface area contributed by atoms with Crippen molar-refractivity contribution in [3.63, 3.8) is 0 Å². The number of amides is 1. The topological polar surface area (TPSA) is 68.0 Å². The molecular weight excluding hydrogens is 226 g/mol. The fraction of sp³-hybridized carbons (Fsp3) is 0.571. The number of nitrogens with one attached hydrogen (secondary N) is 1. The molecule has 1 heterocycles. The lowest BCUT2D eigenvalue weighted by Crippen LogP contribution is -2.38. The molecule has 3 atom stereocenters. The van der Waals surface area contributed by atoms with E-state index in [9.17, 15) is 4.79 Å². The quantitative estimate of drug-likeness (QED) is 0.855. The van der Waals surface area contributed by atoms with Gasteiger partial charge in [-0.2, -0.15) is 0 Å². The van der Waals surface area contributed by atoms with Crippen LogP contribution in [0.3, 0.4) is 0 Å². The Labute approximate surface area is 108 Å². The second kappa shape index (κ2) is 5.96. The summed E-state index contributed by atoms with van der Waals surface area (Å²) in [7, 11) is 0. The van der Waals surface area contributed by atoms with Crippen LogP contribution < -0.4 is 11.1 Å². The van der Waals surface area contributed by atoms with Crippen LogP contribution in [0, 0.1) is 5.92 Å². The van der Waals surface area contributed by atoms with Gasteiger partial charge in [0, 0.05) is 18.2 Å². The third-order valence-corrected chi connectivity index (χ3v) is 3.58. The lowest BCUT2D eigenvalue weighted by Gasteiger charge is -2.26. The van der Waals surface area contributed by atoms with Gasteiger partial charge in [0.15, 0.2) is 0 Å². The molecule has 0 aliphatic heterocycles. The molecule has 98 valence electrons. The molecule has 1 aromatic heterocycles. The van der Waals surface area contributed by atoms with Crippen molar-refractivity contribution in [2.75, 3.05) is 0 Å². The Morgan fingerprint density at radius 2 is 2.33 bits per heavy atom. The zero-order chi connectivity index (χ0) is 13.0. The Morgan fingerprint density at radius 1 is 1.50 bits per heavy atom. The highest BCUT2D eigenvalue weighted by Gasteiger charge is 2.26. The SMILES string of the molecule is C[C@H](NC(=O)C1CCCC(N)C1)c1ccccn1. The van der Waals surface area contributed by atoms with Crippen molar-refractivity contribution in [3.8, 4) is 0 Å². The summed E-state index contributed by atoms with van der Waals surface area (Å²) in [4.78, 5) is 16.4. The average Bonchev–Trinajstić information content (AvgIpc) is 2.39. The van der Waals surface area contributed by atoms with E-state index in [0.717, 1.165) is 31.4 Å². The molecule has 1 fully saturated rings. The normalized spacial score (nSPS) is 25.4. The zero-order valence-electron chi connectivity index (χ0n) is 10.8. The fourth-order valence-electron chi connectivity index (χ4n) is 2.50. The van der Waals surface area contributed by atoms with Crippen LogP contribution in [0.1, 0.15) is 44.3 Å². The molecule has 4 nitrogen and oxygen atoms in total. The minimum Gasteiger partial charge on any atom is -0.348 e. The van der Waals surface area contributed by atoms with E-state index in [1.165, 1.54) is 0 Å². The summed E-state index contributed by atoms with van der Waals surface area (Å²) in [6.07, 6.45) is 5.60. The maximum Gasteiger partial charge on any atom is 0.223 e. The van der Waals surface area contributed by atoms with Gasteiger partial charge in [0.1, 0.15) is 0 Å². The van der Waals surface area contributed by atoms with Gasteiger partial charge in [-0.3, -0.25) is 9.78 Å². The third-order valence-electron chi connectivity index (χ3n) is 3.58. The monoisotopic (exact) mass is 247 g/mol. The van der Waals surface area contributed by atoms with E-state index in [1.807, 2.05) is 25.1 Å². The first-order chi connectivity index (χ1) is 8.66. The second-order valence-electron chi connectivity index (χ2n) is 5.11. The van der Waals surface area contributed by atoms with Gasteiger partial charge in [0.2, 0.25) is 5.91 Å². The highest BCUT2D eigenvalue weighted by Crippen LogP contribution is 2.24. The Bertz CT molecular complexity index is 393. The first-order valence-electron chi connectivity index (χ1n) is 6.63. The predicted octanol–water partition coefficient (Wildman–Crippen LogP) is 1.78. The maximum absolute atomic E-state index is 12.1. The fourth-order valence-corrected chi connectivity index (χ4v) is 2.50. The van der Waals surface area contributed by atoms with Crippen molar-refractivity contribution < 1.29 is 4.79 Å². The second-order valence-corrected chi connectivity index (χ2v) is 5.11. The molecule has 0 bridgehead atoms. The largest absolute Gasteiger partial charge is 0.348 e. The molecule has 3 N–H and O–H groups in total. The van der Waals surface area contributed by atoms with Crippen LogP contribution >= 0.6 is 0 Å². The van der Waals surface area contributed by atoms with Crippen LogP contribution in [0.15, 0.2) is 24.4 Å². The number of rotatable bonds is 3. The number of aromatic nitrogens is 1. The van der Waals surface area contributed by atoms with E-state index in [-0.39, 0.29) is 23.9 Å². The summed E-state index contributed by atoms with van der Waals surface area (Å²) in [6, 6.07) is 5.87. The molecule has 1 amide bonds. The molecule has 4 heteroatoms. The van der Waals surface area contributed by atoms with Gasteiger partial charge in [-0.25, -0.2) is 0 Å². The van der Waals surface area contributed by atoms with E-state index < -0.39 is 0 Å². The number of hydrogen-bond donors (Lipinski definition) is 2. The van der Waals surface area contributed by atoms with Crippen LogP contribution in [0.4, 0.5) is 0 Å². The number of carbonyl (C=O) groups is 1. The van der Waals surface area contributed by atoms with Crippen molar-refractivity contribution in [1.82, 2.24) is 10.3 Å². The van der Waals surface area contributed by atoms with Crippen molar-refractivity contribution in [1.29, 1.82) is 0 Å². The van der Waals surface area contributed by atoms with Crippen LogP contribution in [0.5, 0.6) is 0 Å². The van der Waals surface area contributed by atoms with E-state index >= 15 is 0 Å². The number of hydrogen-bond acceptors (Lipinski definition) is 3. The third kappa shape index (κ3) is 3.29. The molecule has 18 heavy (non-hydrogen) atoms. The molecule has 0 spiro atoms. The van der Waals surface area contributed by atoms with Gasteiger partial charge in [-0.05, 0) is 38.3 Å². The summed E-state index contributed by atoms with van der Waals surface area (Å²) in [5.74, 6) is 0.184. The lowest BCUT2D eigenvalue weighted by molar-refractivity contribution is -0.126. The van der Waals surface area contributed by atoms with Gasteiger partial charge in [-0.1, -0.05) is 12.5 Å².